The van der Waals surface area contributed by atoms with Gasteiger partial charge in [-0.05, 0) is 36.2 Å². The van der Waals surface area contributed by atoms with Gasteiger partial charge in [0.15, 0.2) is 0 Å². The number of fused-ring (bicyclic) bond motifs is 1. The second-order valence-corrected chi connectivity index (χ2v) is 8.55. The van der Waals surface area contributed by atoms with Gasteiger partial charge in [-0.1, -0.05) is 13.8 Å². The van der Waals surface area contributed by atoms with E-state index in [1.165, 1.54) is 11.4 Å². The molecule has 0 atom stereocenters. The van der Waals surface area contributed by atoms with E-state index in [9.17, 15) is 5.26 Å². The van der Waals surface area contributed by atoms with E-state index in [4.69, 9.17) is 9.84 Å². The first-order valence-electron chi connectivity index (χ1n) is 11.1. The van der Waals surface area contributed by atoms with Crippen LogP contribution >= 0.6 is 0 Å². The molecule has 8 heteroatoms. The predicted molar refractivity (Wildman–Crippen MR) is 124 cm³/mol. The number of ether oxygens (including phenoxy) is 1. The van der Waals surface area contributed by atoms with Crippen LogP contribution in [0.5, 0.6) is 5.75 Å². The Balaban J connectivity index is 1.43. The molecule has 1 saturated heterocycles. The molecule has 3 heterocycles. The van der Waals surface area contributed by atoms with Gasteiger partial charge < -0.3 is 19.3 Å². The highest BCUT2D eigenvalue weighted by Crippen LogP contribution is 2.24. The summed E-state index contributed by atoms with van der Waals surface area (Å²) in [6.07, 6.45) is 1.76. The fraction of sp³-hybridized carbons (Fsp3) is 0.458. The molecule has 1 aliphatic rings. The largest absolute Gasteiger partial charge is 0.491 e. The van der Waals surface area contributed by atoms with E-state index in [2.05, 4.69) is 62.5 Å². The molecule has 168 valence electrons. The summed E-state index contributed by atoms with van der Waals surface area (Å²) in [6, 6.07) is 12.3. The Kier molecular flexibility index (Phi) is 6.88. The highest BCUT2D eigenvalue weighted by molar-refractivity contribution is 5.77. The molecule has 8 nitrogen and oxygen atoms in total. The lowest BCUT2D eigenvalue weighted by molar-refractivity contribution is 0.201. The van der Waals surface area contributed by atoms with E-state index in [-0.39, 0.29) is 12.4 Å². The van der Waals surface area contributed by atoms with E-state index in [1.807, 2.05) is 12.1 Å². The molecule has 1 aromatic carbocycles. The van der Waals surface area contributed by atoms with Crippen LogP contribution in [-0.4, -0.2) is 63.9 Å². The highest BCUT2D eigenvalue weighted by Gasteiger charge is 2.20. The summed E-state index contributed by atoms with van der Waals surface area (Å²) in [5, 5.41) is 19.1. The Hall–Kier alpha value is -3.15. The zero-order chi connectivity index (χ0) is 22.5. The number of anilines is 1. The molecule has 0 bridgehead atoms. The van der Waals surface area contributed by atoms with Crippen molar-refractivity contribution in [1.82, 2.24) is 19.4 Å². The molecule has 3 aromatic rings. The molecule has 0 radical (unpaired) electrons. The Labute approximate surface area is 188 Å². The standard InChI is InChI=1S/C24H30N6O2/c1-18(2)16-30-21(13-19-15-26-23(14-25)27-24(19)30)17-28-7-9-29(10-8-28)20-3-5-22(6-4-20)32-12-11-31/h3-6,13,15,18,31H,7-12,16-17H2,1-2H3. The third-order valence-electron chi connectivity index (χ3n) is 5.69. The van der Waals surface area contributed by atoms with Crippen LogP contribution in [0.25, 0.3) is 11.0 Å². The van der Waals surface area contributed by atoms with Crippen LogP contribution in [0, 0.1) is 17.2 Å². The monoisotopic (exact) mass is 434 g/mol. The van der Waals surface area contributed by atoms with E-state index in [0.717, 1.165) is 56.1 Å². The molecular formula is C24H30N6O2. The van der Waals surface area contributed by atoms with Crippen molar-refractivity contribution in [2.45, 2.75) is 26.9 Å². The van der Waals surface area contributed by atoms with Gasteiger partial charge in [0.25, 0.3) is 0 Å². The Morgan fingerprint density at radius 2 is 1.91 bits per heavy atom. The van der Waals surface area contributed by atoms with Crippen LogP contribution in [0.3, 0.4) is 0 Å². The topological polar surface area (TPSA) is 90.4 Å². The van der Waals surface area contributed by atoms with Crippen molar-refractivity contribution in [3.8, 4) is 11.8 Å². The number of rotatable bonds is 8. The van der Waals surface area contributed by atoms with Crippen molar-refractivity contribution >= 4 is 16.7 Å². The lowest BCUT2D eigenvalue weighted by Gasteiger charge is -2.36. The first-order valence-corrected chi connectivity index (χ1v) is 11.1. The number of nitriles is 1. The zero-order valence-corrected chi connectivity index (χ0v) is 18.7. The van der Waals surface area contributed by atoms with Crippen LogP contribution in [0.2, 0.25) is 0 Å². The van der Waals surface area contributed by atoms with Gasteiger partial charge in [-0.25, -0.2) is 9.97 Å². The minimum absolute atomic E-state index is 0.0197. The lowest BCUT2D eigenvalue weighted by Crippen LogP contribution is -2.46. The van der Waals surface area contributed by atoms with Gasteiger partial charge in [-0.3, -0.25) is 4.90 Å². The molecule has 0 amide bonds. The van der Waals surface area contributed by atoms with Gasteiger partial charge in [0, 0.05) is 62.2 Å². The molecular weight excluding hydrogens is 404 g/mol. The van der Waals surface area contributed by atoms with Crippen molar-refractivity contribution < 1.29 is 9.84 Å². The maximum Gasteiger partial charge on any atom is 0.234 e. The normalized spacial score (nSPS) is 14.8. The molecule has 2 aromatic heterocycles. The van der Waals surface area contributed by atoms with E-state index >= 15 is 0 Å². The summed E-state index contributed by atoms with van der Waals surface area (Å²) < 4.78 is 7.70. The second kappa shape index (κ2) is 9.98. The van der Waals surface area contributed by atoms with Crippen LogP contribution in [0.15, 0.2) is 36.5 Å². The second-order valence-electron chi connectivity index (χ2n) is 8.55. The van der Waals surface area contributed by atoms with Crippen molar-refractivity contribution in [3.63, 3.8) is 0 Å². The first-order chi connectivity index (χ1) is 15.6. The number of piperazine rings is 1. The van der Waals surface area contributed by atoms with Gasteiger partial charge in [0.1, 0.15) is 24.1 Å². The summed E-state index contributed by atoms with van der Waals surface area (Å²) in [7, 11) is 0. The molecule has 4 rings (SSSR count). The highest BCUT2D eigenvalue weighted by atomic mass is 16.5. The lowest BCUT2D eigenvalue weighted by atomic mass is 10.2. The van der Waals surface area contributed by atoms with Gasteiger partial charge in [0.05, 0.1) is 6.61 Å². The van der Waals surface area contributed by atoms with Crippen molar-refractivity contribution in [3.05, 3.63) is 48.0 Å². The maximum absolute atomic E-state index is 9.20. The summed E-state index contributed by atoms with van der Waals surface area (Å²) in [5.41, 5.74) is 3.26. The quantitative estimate of drug-likeness (QED) is 0.583. The Morgan fingerprint density at radius 3 is 2.56 bits per heavy atom. The number of benzene rings is 1. The van der Waals surface area contributed by atoms with Crippen molar-refractivity contribution in [2.75, 3.05) is 44.3 Å². The van der Waals surface area contributed by atoms with Crippen LogP contribution < -0.4 is 9.64 Å². The average molecular weight is 435 g/mol. The predicted octanol–water partition coefficient (Wildman–Crippen LogP) is 2.65. The maximum atomic E-state index is 9.20. The van der Waals surface area contributed by atoms with Gasteiger partial charge >= 0.3 is 0 Å². The number of aliphatic hydroxyl groups excluding tert-OH is 1. The smallest absolute Gasteiger partial charge is 0.234 e. The van der Waals surface area contributed by atoms with E-state index < -0.39 is 0 Å². The minimum atomic E-state index is 0.0197. The van der Waals surface area contributed by atoms with Crippen LogP contribution in [0.4, 0.5) is 5.69 Å². The number of aliphatic hydroxyl groups is 1. The first kappa shape index (κ1) is 22.1. The fourth-order valence-corrected chi connectivity index (χ4v) is 4.16. The number of hydrogen-bond donors (Lipinski definition) is 1. The average Bonchev–Trinajstić information content (AvgIpc) is 3.14. The van der Waals surface area contributed by atoms with Gasteiger partial charge in [0.2, 0.25) is 5.82 Å². The summed E-state index contributed by atoms with van der Waals surface area (Å²) in [5.74, 6) is 1.47. The Morgan fingerprint density at radius 1 is 1.16 bits per heavy atom. The SMILES string of the molecule is CC(C)Cn1c(CN2CCN(c3ccc(OCCO)cc3)CC2)cc2cnc(C#N)nc21. The third kappa shape index (κ3) is 5.01. The minimum Gasteiger partial charge on any atom is -0.491 e. The molecule has 1 fully saturated rings. The summed E-state index contributed by atoms with van der Waals surface area (Å²) >= 11 is 0. The zero-order valence-electron chi connectivity index (χ0n) is 18.7. The molecule has 1 N–H and O–H groups in total. The van der Waals surface area contributed by atoms with Crippen LogP contribution in [-0.2, 0) is 13.1 Å². The molecule has 0 aliphatic carbocycles. The molecule has 0 unspecified atom stereocenters. The van der Waals surface area contributed by atoms with Crippen LogP contribution in [0.1, 0.15) is 25.4 Å². The fourth-order valence-electron chi connectivity index (χ4n) is 4.16. The van der Waals surface area contributed by atoms with Crippen molar-refractivity contribution in [2.24, 2.45) is 5.92 Å². The summed E-state index contributed by atoms with van der Waals surface area (Å²) in [4.78, 5) is 13.5. The molecule has 32 heavy (non-hydrogen) atoms. The van der Waals surface area contributed by atoms with E-state index in [1.54, 1.807) is 6.20 Å². The van der Waals surface area contributed by atoms with E-state index in [0.29, 0.717) is 12.5 Å². The number of nitrogens with zero attached hydrogens (tertiary/aromatic N) is 6. The summed E-state index contributed by atoms with van der Waals surface area (Å²) in [6.45, 7) is 10.3. The number of aromatic nitrogens is 3. The van der Waals surface area contributed by atoms with Crippen molar-refractivity contribution in [1.29, 1.82) is 5.26 Å². The molecule has 1 aliphatic heterocycles. The molecule has 0 saturated carbocycles. The number of hydrogen-bond acceptors (Lipinski definition) is 7. The Bertz CT molecular complexity index is 1080. The van der Waals surface area contributed by atoms with Gasteiger partial charge in [-0.15, -0.1) is 0 Å². The van der Waals surface area contributed by atoms with Gasteiger partial charge in [-0.2, -0.15) is 5.26 Å². The molecule has 0 spiro atoms. The third-order valence-corrected chi connectivity index (χ3v) is 5.69.